The van der Waals surface area contributed by atoms with E-state index in [0.717, 1.165) is 24.7 Å². The number of hydrogen-bond acceptors (Lipinski definition) is 3. The molecule has 1 N–H and O–H groups in total. The van der Waals surface area contributed by atoms with Gasteiger partial charge in [0, 0.05) is 29.1 Å². The highest BCUT2D eigenvalue weighted by Gasteiger charge is 2.18. The summed E-state index contributed by atoms with van der Waals surface area (Å²) in [5.41, 5.74) is 2.40. The number of aromatic nitrogens is 2. The van der Waals surface area contributed by atoms with E-state index < -0.39 is 0 Å². The van der Waals surface area contributed by atoms with Crippen LogP contribution in [0.3, 0.4) is 0 Å². The Morgan fingerprint density at radius 3 is 2.72 bits per heavy atom. The summed E-state index contributed by atoms with van der Waals surface area (Å²) in [5.74, 6) is 1.91. The predicted octanol–water partition coefficient (Wildman–Crippen LogP) is 4.40. The summed E-state index contributed by atoms with van der Waals surface area (Å²) in [6.07, 6.45) is 3.90. The first-order chi connectivity index (χ1) is 12.2. The molecular formula is C20H22IN3O. The molecule has 1 heterocycles. The van der Waals surface area contributed by atoms with Crippen molar-refractivity contribution in [1.29, 1.82) is 0 Å². The number of benzene rings is 2. The van der Waals surface area contributed by atoms with Gasteiger partial charge in [-0.15, -0.1) is 0 Å². The molecule has 0 spiro atoms. The molecule has 25 heavy (non-hydrogen) atoms. The minimum absolute atomic E-state index is 0.0400. The van der Waals surface area contributed by atoms with Crippen LogP contribution in [0.1, 0.15) is 29.9 Å². The molecule has 1 atom stereocenters. The molecule has 0 amide bonds. The average Bonchev–Trinajstić information content (AvgIpc) is 3.12. The second-order valence-corrected chi connectivity index (χ2v) is 7.03. The lowest BCUT2D eigenvalue weighted by Gasteiger charge is -2.20. The maximum atomic E-state index is 5.32. The van der Waals surface area contributed by atoms with Gasteiger partial charge in [-0.1, -0.05) is 24.3 Å². The van der Waals surface area contributed by atoms with E-state index in [9.17, 15) is 0 Å². The fourth-order valence-corrected chi connectivity index (χ4v) is 3.22. The van der Waals surface area contributed by atoms with Gasteiger partial charge < -0.3 is 9.30 Å². The summed E-state index contributed by atoms with van der Waals surface area (Å²) < 4.78 is 8.73. The van der Waals surface area contributed by atoms with Gasteiger partial charge in [-0.2, -0.15) is 0 Å². The molecule has 5 heteroatoms. The molecule has 130 valence electrons. The minimum atomic E-state index is 0.0400. The van der Waals surface area contributed by atoms with Crippen LogP contribution in [0.25, 0.3) is 0 Å². The summed E-state index contributed by atoms with van der Waals surface area (Å²) in [6.45, 7) is 3.78. The number of ether oxygens (including phenoxy) is 1. The van der Waals surface area contributed by atoms with E-state index in [2.05, 4.69) is 80.8 Å². The smallest absolute Gasteiger partial charge is 0.130 e. The number of halogens is 1. The van der Waals surface area contributed by atoms with Gasteiger partial charge in [0.1, 0.15) is 11.6 Å². The maximum Gasteiger partial charge on any atom is 0.130 e. The van der Waals surface area contributed by atoms with E-state index >= 15 is 0 Å². The van der Waals surface area contributed by atoms with Gasteiger partial charge in [0.2, 0.25) is 0 Å². The summed E-state index contributed by atoms with van der Waals surface area (Å²) in [6, 6.07) is 16.8. The molecule has 3 rings (SSSR count). The van der Waals surface area contributed by atoms with E-state index in [-0.39, 0.29) is 6.04 Å². The third kappa shape index (κ3) is 4.41. The van der Waals surface area contributed by atoms with E-state index in [0.29, 0.717) is 0 Å². The largest absolute Gasteiger partial charge is 0.497 e. The molecule has 0 unspecified atom stereocenters. The molecule has 0 aliphatic heterocycles. The van der Waals surface area contributed by atoms with Crippen LogP contribution in [-0.4, -0.2) is 16.7 Å². The summed E-state index contributed by atoms with van der Waals surface area (Å²) in [7, 11) is 1.69. The first-order valence-corrected chi connectivity index (χ1v) is 9.42. The highest BCUT2D eigenvalue weighted by atomic mass is 127. The van der Waals surface area contributed by atoms with Crippen molar-refractivity contribution in [3.05, 3.63) is 81.4 Å². The van der Waals surface area contributed by atoms with Crippen LogP contribution >= 0.6 is 22.6 Å². The highest BCUT2D eigenvalue weighted by molar-refractivity contribution is 14.1. The van der Waals surface area contributed by atoms with Crippen LogP contribution in [0.4, 0.5) is 0 Å². The van der Waals surface area contributed by atoms with Crippen molar-refractivity contribution in [2.24, 2.45) is 0 Å². The van der Waals surface area contributed by atoms with Crippen LogP contribution in [-0.2, 0) is 13.1 Å². The van der Waals surface area contributed by atoms with Crippen molar-refractivity contribution in [1.82, 2.24) is 14.9 Å². The van der Waals surface area contributed by atoms with Crippen LogP contribution < -0.4 is 10.1 Å². The first kappa shape index (κ1) is 17.9. The molecule has 3 aromatic rings. The Labute approximate surface area is 162 Å². The Morgan fingerprint density at radius 1 is 1.20 bits per heavy atom. The molecular weight excluding hydrogens is 425 g/mol. The molecule has 1 aromatic heterocycles. The van der Waals surface area contributed by atoms with Crippen molar-refractivity contribution in [3.63, 3.8) is 0 Å². The van der Waals surface area contributed by atoms with Crippen molar-refractivity contribution in [3.8, 4) is 5.75 Å². The number of hydrogen-bond donors (Lipinski definition) is 1. The van der Waals surface area contributed by atoms with Crippen molar-refractivity contribution in [2.75, 3.05) is 7.11 Å². The minimum Gasteiger partial charge on any atom is -0.497 e. The Morgan fingerprint density at radius 2 is 2.00 bits per heavy atom. The van der Waals surface area contributed by atoms with E-state index in [4.69, 9.17) is 4.74 Å². The fourth-order valence-electron chi connectivity index (χ4n) is 2.86. The standard InChI is InChI=1S/C20H22IN3O/c1-3-24-12-11-22-20(24)19(16-7-9-17(21)10-8-16)23-14-15-5-4-6-18(13-15)25-2/h4-13,19,23H,3,14H2,1-2H3/t19-/m1/s1. The van der Waals surface area contributed by atoms with Gasteiger partial charge in [-0.25, -0.2) is 4.98 Å². The molecule has 0 aliphatic carbocycles. The fraction of sp³-hybridized carbons (Fsp3) is 0.250. The Hall–Kier alpha value is -1.86. The van der Waals surface area contributed by atoms with Crippen molar-refractivity contribution in [2.45, 2.75) is 26.1 Å². The lowest BCUT2D eigenvalue weighted by atomic mass is 10.1. The number of imidazole rings is 1. The molecule has 4 nitrogen and oxygen atoms in total. The summed E-state index contributed by atoms with van der Waals surface area (Å²) in [4.78, 5) is 4.61. The molecule has 0 fully saturated rings. The third-order valence-corrected chi connectivity index (χ3v) is 4.91. The normalized spacial score (nSPS) is 12.1. The number of aryl methyl sites for hydroxylation is 1. The monoisotopic (exact) mass is 447 g/mol. The second kappa shape index (κ2) is 8.49. The van der Waals surface area contributed by atoms with E-state index in [1.807, 2.05) is 24.5 Å². The van der Waals surface area contributed by atoms with E-state index in [1.54, 1.807) is 7.11 Å². The Bertz CT molecular complexity index is 814. The zero-order valence-corrected chi connectivity index (χ0v) is 16.6. The van der Waals surface area contributed by atoms with Gasteiger partial charge in [0.25, 0.3) is 0 Å². The SMILES string of the molecule is CCn1ccnc1[C@H](NCc1cccc(OC)c1)c1ccc(I)cc1. The first-order valence-electron chi connectivity index (χ1n) is 8.34. The molecule has 0 aliphatic rings. The van der Waals surface area contributed by atoms with Crippen LogP contribution in [0, 0.1) is 3.57 Å². The average molecular weight is 447 g/mol. The molecule has 2 aromatic carbocycles. The summed E-state index contributed by atoms with van der Waals surface area (Å²) in [5, 5.41) is 3.66. The number of nitrogens with zero attached hydrogens (tertiary/aromatic N) is 2. The van der Waals surface area contributed by atoms with Gasteiger partial charge >= 0.3 is 0 Å². The Kier molecular flexibility index (Phi) is 6.09. The van der Waals surface area contributed by atoms with Gasteiger partial charge in [-0.3, -0.25) is 5.32 Å². The van der Waals surface area contributed by atoms with Gasteiger partial charge in [0.15, 0.2) is 0 Å². The van der Waals surface area contributed by atoms with Crippen LogP contribution in [0.15, 0.2) is 60.9 Å². The summed E-state index contributed by atoms with van der Waals surface area (Å²) >= 11 is 2.33. The molecule has 0 bridgehead atoms. The topological polar surface area (TPSA) is 39.1 Å². The van der Waals surface area contributed by atoms with Gasteiger partial charge in [0.05, 0.1) is 13.2 Å². The zero-order valence-electron chi connectivity index (χ0n) is 14.4. The van der Waals surface area contributed by atoms with Crippen molar-refractivity contribution >= 4 is 22.6 Å². The number of methoxy groups -OCH3 is 1. The maximum absolute atomic E-state index is 5.32. The third-order valence-electron chi connectivity index (χ3n) is 4.19. The van der Waals surface area contributed by atoms with Crippen LogP contribution in [0.2, 0.25) is 0 Å². The quantitative estimate of drug-likeness (QED) is 0.546. The van der Waals surface area contributed by atoms with Gasteiger partial charge in [-0.05, 0) is 64.9 Å². The molecule has 0 saturated carbocycles. The number of nitrogens with one attached hydrogen (secondary N) is 1. The Balaban J connectivity index is 1.87. The molecule has 0 radical (unpaired) electrons. The zero-order chi connectivity index (χ0) is 17.6. The lowest BCUT2D eigenvalue weighted by Crippen LogP contribution is -2.25. The lowest BCUT2D eigenvalue weighted by molar-refractivity contribution is 0.414. The second-order valence-electron chi connectivity index (χ2n) is 5.79. The number of rotatable bonds is 7. The highest BCUT2D eigenvalue weighted by Crippen LogP contribution is 2.23. The van der Waals surface area contributed by atoms with E-state index in [1.165, 1.54) is 14.7 Å². The predicted molar refractivity (Wildman–Crippen MR) is 109 cm³/mol. The van der Waals surface area contributed by atoms with Crippen LogP contribution in [0.5, 0.6) is 5.75 Å². The molecule has 0 saturated heterocycles. The van der Waals surface area contributed by atoms with Crippen molar-refractivity contribution < 1.29 is 4.74 Å².